The van der Waals surface area contributed by atoms with Gasteiger partial charge in [0, 0.05) is 17.8 Å². The molecule has 0 saturated carbocycles. The SMILES string of the molecule is Cc1nc(Cc2noc(CC(N)CC(C)(C)C)n2)cs1. The van der Waals surface area contributed by atoms with Crippen molar-refractivity contribution in [1.29, 1.82) is 0 Å². The number of rotatable bonds is 5. The molecule has 2 aromatic rings. The van der Waals surface area contributed by atoms with Crippen LogP contribution in [0.5, 0.6) is 0 Å². The topological polar surface area (TPSA) is 77.8 Å². The highest BCUT2D eigenvalue weighted by molar-refractivity contribution is 7.09. The number of nitrogens with two attached hydrogens (primary N) is 1. The largest absolute Gasteiger partial charge is 0.339 e. The Bertz CT molecular complexity index is 556. The van der Waals surface area contributed by atoms with Crippen LogP contribution in [0.25, 0.3) is 0 Å². The van der Waals surface area contributed by atoms with Crippen molar-refractivity contribution in [3.05, 3.63) is 27.8 Å². The molecule has 20 heavy (non-hydrogen) atoms. The number of thiazole rings is 1. The minimum absolute atomic E-state index is 0.0461. The highest BCUT2D eigenvalue weighted by Crippen LogP contribution is 2.21. The summed E-state index contributed by atoms with van der Waals surface area (Å²) in [5.74, 6) is 1.29. The van der Waals surface area contributed by atoms with Crippen LogP contribution in [-0.4, -0.2) is 21.2 Å². The summed E-state index contributed by atoms with van der Waals surface area (Å²) >= 11 is 1.63. The molecule has 5 nitrogen and oxygen atoms in total. The van der Waals surface area contributed by atoms with Gasteiger partial charge in [-0.15, -0.1) is 11.3 Å². The van der Waals surface area contributed by atoms with Gasteiger partial charge in [-0.3, -0.25) is 0 Å². The maximum Gasteiger partial charge on any atom is 0.228 e. The number of aryl methyl sites for hydroxylation is 1. The quantitative estimate of drug-likeness (QED) is 0.917. The normalized spacial score (nSPS) is 13.7. The molecule has 0 spiro atoms. The Morgan fingerprint density at radius 3 is 2.70 bits per heavy atom. The minimum Gasteiger partial charge on any atom is -0.339 e. The van der Waals surface area contributed by atoms with Crippen LogP contribution in [0.2, 0.25) is 0 Å². The standard InChI is InChI=1S/C14H22N4OS/c1-9-16-11(8-20-9)6-12-17-13(19-18-12)5-10(15)7-14(2,3)4/h8,10H,5-7,15H2,1-4H3. The van der Waals surface area contributed by atoms with Crippen molar-refractivity contribution in [1.82, 2.24) is 15.1 Å². The summed E-state index contributed by atoms with van der Waals surface area (Å²) in [5.41, 5.74) is 7.31. The van der Waals surface area contributed by atoms with E-state index < -0.39 is 0 Å². The van der Waals surface area contributed by atoms with Gasteiger partial charge in [0.15, 0.2) is 5.82 Å². The molecule has 2 rings (SSSR count). The van der Waals surface area contributed by atoms with E-state index in [0.29, 0.717) is 24.6 Å². The zero-order valence-corrected chi connectivity index (χ0v) is 13.3. The van der Waals surface area contributed by atoms with Crippen LogP contribution in [0, 0.1) is 12.3 Å². The first kappa shape index (κ1) is 15.1. The number of hydrogen-bond donors (Lipinski definition) is 1. The van der Waals surface area contributed by atoms with Crippen molar-refractivity contribution in [2.24, 2.45) is 11.1 Å². The molecule has 0 aliphatic rings. The molecule has 0 aliphatic heterocycles. The van der Waals surface area contributed by atoms with Crippen molar-refractivity contribution in [3.63, 3.8) is 0 Å². The highest BCUT2D eigenvalue weighted by Gasteiger charge is 2.18. The van der Waals surface area contributed by atoms with Crippen LogP contribution < -0.4 is 5.73 Å². The third-order valence-electron chi connectivity index (χ3n) is 2.83. The Hall–Kier alpha value is -1.27. The first-order valence-corrected chi connectivity index (χ1v) is 7.68. The second-order valence-electron chi connectivity index (χ2n) is 6.37. The van der Waals surface area contributed by atoms with Gasteiger partial charge in [-0.25, -0.2) is 4.98 Å². The second-order valence-corrected chi connectivity index (χ2v) is 7.43. The van der Waals surface area contributed by atoms with Crippen LogP contribution in [0.3, 0.4) is 0 Å². The van der Waals surface area contributed by atoms with Gasteiger partial charge < -0.3 is 10.3 Å². The molecular weight excluding hydrogens is 272 g/mol. The number of hydrogen-bond acceptors (Lipinski definition) is 6. The summed E-state index contributed by atoms with van der Waals surface area (Å²) in [6.07, 6.45) is 2.17. The van der Waals surface area contributed by atoms with Gasteiger partial charge in [-0.05, 0) is 18.8 Å². The van der Waals surface area contributed by atoms with Gasteiger partial charge in [0.25, 0.3) is 0 Å². The van der Waals surface area contributed by atoms with E-state index in [4.69, 9.17) is 10.3 Å². The summed E-state index contributed by atoms with van der Waals surface area (Å²) < 4.78 is 5.26. The molecule has 0 saturated heterocycles. The lowest BCUT2D eigenvalue weighted by Crippen LogP contribution is -2.28. The van der Waals surface area contributed by atoms with Crippen LogP contribution in [0.15, 0.2) is 9.90 Å². The predicted octanol–water partition coefficient (Wildman–Crippen LogP) is 2.73. The van der Waals surface area contributed by atoms with Crippen LogP contribution in [0.4, 0.5) is 0 Å². The number of nitrogens with zero attached hydrogens (tertiary/aromatic N) is 3. The molecule has 0 aromatic carbocycles. The zero-order valence-electron chi connectivity index (χ0n) is 12.5. The molecule has 0 fully saturated rings. The van der Waals surface area contributed by atoms with Gasteiger partial charge in [-0.1, -0.05) is 25.9 Å². The first-order valence-electron chi connectivity index (χ1n) is 6.80. The highest BCUT2D eigenvalue weighted by atomic mass is 32.1. The summed E-state index contributed by atoms with van der Waals surface area (Å²) in [4.78, 5) is 8.79. The lowest BCUT2D eigenvalue weighted by molar-refractivity contribution is 0.312. The van der Waals surface area contributed by atoms with Crippen LogP contribution in [0.1, 0.15) is 49.6 Å². The molecule has 2 heterocycles. The van der Waals surface area contributed by atoms with Crippen molar-refractivity contribution in [2.75, 3.05) is 0 Å². The summed E-state index contributed by atoms with van der Waals surface area (Å²) in [6, 6.07) is 0.0461. The molecule has 0 radical (unpaired) electrons. The molecular formula is C14H22N4OS. The average molecular weight is 294 g/mol. The fourth-order valence-electron chi connectivity index (χ4n) is 2.18. The van der Waals surface area contributed by atoms with Gasteiger partial charge in [0.1, 0.15) is 0 Å². The molecule has 6 heteroatoms. The lowest BCUT2D eigenvalue weighted by atomic mass is 9.87. The van der Waals surface area contributed by atoms with Crippen molar-refractivity contribution in [3.8, 4) is 0 Å². The number of aromatic nitrogens is 3. The van der Waals surface area contributed by atoms with E-state index >= 15 is 0 Å². The van der Waals surface area contributed by atoms with Gasteiger partial charge in [0.05, 0.1) is 17.1 Å². The Kier molecular flexibility index (Phi) is 4.55. The zero-order chi connectivity index (χ0) is 14.8. The summed E-state index contributed by atoms with van der Waals surface area (Å²) in [6.45, 7) is 8.52. The van der Waals surface area contributed by atoms with Gasteiger partial charge >= 0.3 is 0 Å². The van der Waals surface area contributed by atoms with E-state index in [1.54, 1.807) is 11.3 Å². The second kappa shape index (κ2) is 6.01. The maximum atomic E-state index is 6.12. The van der Waals surface area contributed by atoms with E-state index in [0.717, 1.165) is 17.1 Å². The van der Waals surface area contributed by atoms with E-state index in [2.05, 4.69) is 35.9 Å². The van der Waals surface area contributed by atoms with Gasteiger partial charge in [-0.2, -0.15) is 4.98 Å². The third-order valence-corrected chi connectivity index (χ3v) is 3.65. The molecule has 2 aromatic heterocycles. The lowest BCUT2D eigenvalue weighted by Gasteiger charge is -2.21. The molecule has 2 N–H and O–H groups in total. The smallest absolute Gasteiger partial charge is 0.228 e. The first-order chi connectivity index (χ1) is 9.32. The fourth-order valence-corrected chi connectivity index (χ4v) is 2.79. The summed E-state index contributed by atoms with van der Waals surface area (Å²) in [7, 11) is 0. The molecule has 1 atom stereocenters. The van der Waals surface area contributed by atoms with Crippen LogP contribution in [-0.2, 0) is 12.8 Å². The molecule has 0 aliphatic carbocycles. The maximum absolute atomic E-state index is 6.12. The third kappa shape index (κ3) is 4.68. The Morgan fingerprint density at radius 2 is 2.10 bits per heavy atom. The van der Waals surface area contributed by atoms with Gasteiger partial charge in [0.2, 0.25) is 5.89 Å². The van der Waals surface area contributed by atoms with E-state index in [9.17, 15) is 0 Å². The fraction of sp³-hybridized carbons (Fsp3) is 0.643. The van der Waals surface area contributed by atoms with Crippen molar-refractivity contribution in [2.45, 2.75) is 53.0 Å². The summed E-state index contributed by atoms with van der Waals surface area (Å²) in [5, 5.41) is 7.07. The van der Waals surface area contributed by atoms with Crippen LogP contribution >= 0.6 is 11.3 Å². The molecule has 1 unspecified atom stereocenters. The Labute approximate surface area is 123 Å². The van der Waals surface area contributed by atoms with E-state index in [1.807, 2.05) is 12.3 Å². The predicted molar refractivity (Wildman–Crippen MR) is 79.7 cm³/mol. The Balaban J connectivity index is 1.92. The van der Waals surface area contributed by atoms with E-state index in [-0.39, 0.29) is 11.5 Å². The average Bonchev–Trinajstić information content (AvgIpc) is 2.86. The molecule has 0 bridgehead atoms. The molecule has 110 valence electrons. The molecule has 0 amide bonds. The minimum atomic E-state index is 0.0461. The van der Waals surface area contributed by atoms with Crippen molar-refractivity contribution < 1.29 is 4.52 Å². The van der Waals surface area contributed by atoms with E-state index in [1.165, 1.54) is 0 Å². The van der Waals surface area contributed by atoms with Crippen molar-refractivity contribution >= 4 is 11.3 Å². The Morgan fingerprint density at radius 1 is 1.35 bits per heavy atom. The monoisotopic (exact) mass is 294 g/mol.